The highest BCUT2D eigenvalue weighted by molar-refractivity contribution is 5.87. The summed E-state index contributed by atoms with van der Waals surface area (Å²) in [5.41, 5.74) is -0.411. The third-order valence-electron chi connectivity index (χ3n) is 2.54. The number of fused-ring (bicyclic) bond motifs is 1. The van der Waals surface area contributed by atoms with Crippen molar-refractivity contribution in [1.82, 2.24) is 0 Å². The van der Waals surface area contributed by atoms with E-state index in [0.717, 1.165) is 6.07 Å². The number of carbonyl (C=O) groups is 1. The highest BCUT2D eigenvalue weighted by atomic mass is 19.1. The van der Waals surface area contributed by atoms with Crippen molar-refractivity contribution < 1.29 is 23.6 Å². The number of carbonyl (C=O) groups excluding carboxylic acids is 1. The maximum Gasteiger partial charge on any atom is 0.411 e. The molecule has 7 nitrogen and oxygen atoms in total. The number of anilines is 1. The van der Waals surface area contributed by atoms with Gasteiger partial charge in [0.2, 0.25) is 0 Å². The summed E-state index contributed by atoms with van der Waals surface area (Å²) in [6.45, 7) is 1.32. The van der Waals surface area contributed by atoms with Gasteiger partial charge in [0.05, 0.1) is 17.2 Å². The van der Waals surface area contributed by atoms with Crippen LogP contribution >= 0.6 is 0 Å². The van der Waals surface area contributed by atoms with Gasteiger partial charge < -0.3 is 14.8 Å². The molecule has 0 saturated carbocycles. The van der Waals surface area contributed by atoms with Gasteiger partial charge in [-0.15, -0.1) is 0 Å². The summed E-state index contributed by atoms with van der Waals surface area (Å²) >= 11 is 0. The first-order valence-electron chi connectivity index (χ1n) is 5.77. The molecule has 0 aliphatic carbocycles. The molecule has 2 rings (SSSR count). The zero-order valence-electron chi connectivity index (χ0n) is 10.5. The molecule has 1 aliphatic heterocycles. The Kier molecular flexibility index (Phi) is 3.83. The lowest BCUT2D eigenvalue weighted by atomic mass is 10.2. The van der Waals surface area contributed by atoms with Crippen molar-refractivity contribution in [3.8, 4) is 5.75 Å². The largest absolute Gasteiger partial charge is 0.485 e. The lowest BCUT2D eigenvalue weighted by molar-refractivity contribution is -0.422. The summed E-state index contributed by atoms with van der Waals surface area (Å²) in [5.74, 6) is -1.31. The van der Waals surface area contributed by atoms with E-state index in [1.807, 2.05) is 0 Å². The van der Waals surface area contributed by atoms with Gasteiger partial charge in [-0.2, -0.15) is 0 Å². The summed E-state index contributed by atoms with van der Waals surface area (Å²) in [5, 5.41) is 13.7. The van der Waals surface area contributed by atoms with Crippen LogP contribution in [0.25, 0.3) is 0 Å². The second-order valence-electron chi connectivity index (χ2n) is 3.86. The SMILES string of the molecule is CCOC(=O)/C(=C1\COc2cc(F)ccc2N1)[N+](=O)[O-]. The predicted molar refractivity (Wildman–Crippen MR) is 66.2 cm³/mol. The third-order valence-corrected chi connectivity index (χ3v) is 2.54. The predicted octanol–water partition coefficient (Wildman–Crippen LogP) is 1.68. The first-order valence-corrected chi connectivity index (χ1v) is 5.77. The van der Waals surface area contributed by atoms with Crippen molar-refractivity contribution >= 4 is 11.7 Å². The molecule has 0 saturated heterocycles. The number of halogens is 1. The molecule has 1 aliphatic rings. The molecule has 0 fully saturated rings. The topological polar surface area (TPSA) is 90.7 Å². The summed E-state index contributed by atoms with van der Waals surface area (Å²) in [6.07, 6.45) is 0. The zero-order chi connectivity index (χ0) is 14.7. The number of rotatable bonds is 3. The second-order valence-corrected chi connectivity index (χ2v) is 3.86. The third kappa shape index (κ3) is 2.68. The number of nitrogens with zero attached hydrogens (tertiary/aromatic N) is 1. The second kappa shape index (κ2) is 5.55. The molecule has 1 heterocycles. The van der Waals surface area contributed by atoms with Crippen LogP contribution in [0.1, 0.15) is 6.92 Å². The van der Waals surface area contributed by atoms with E-state index in [-0.39, 0.29) is 24.7 Å². The summed E-state index contributed by atoms with van der Waals surface area (Å²) in [4.78, 5) is 21.7. The Balaban J connectivity index is 2.37. The minimum Gasteiger partial charge on any atom is -0.485 e. The van der Waals surface area contributed by atoms with Crippen LogP contribution in [0, 0.1) is 15.9 Å². The van der Waals surface area contributed by atoms with Gasteiger partial charge in [0.1, 0.15) is 23.9 Å². The normalized spacial score (nSPS) is 15.5. The molecule has 1 N–H and O–H groups in total. The standard InChI is InChI=1S/C12H11FN2O5/c1-2-19-12(16)11(15(17)18)9-6-20-10-5-7(13)3-4-8(10)14-9/h3-5,14H,2,6H2,1H3/b11-9-. The molecule has 0 radical (unpaired) electrons. The van der Waals surface area contributed by atoms with Crippen LogP contribution in [-0.4, -0.2) is 24.1 Å². The molecule has 0 atom stereocenters. The van der Waals surface area contributed by atoms with Gasteiger partial charge in [0.15, 0.2) is 0 Å². The molecule has 0 spiro atoms. The average molecular weight is 282 g/mol. The summed E-state index contributed by atoms with van der Waals surface area (Å²) in [6, 6.07) is 3.69. The van der Waals surface area contributed by atoms with E-state index in [1.54, 1.807) is 6.92 Å². The minimum atomic E-state index is -1.05. The minimum absolute atomic E-state index is 0.0199. The van der Waals surface area contributed by atoms with E-state index in [0.29, 0.717) is 5.69 Å². The maximum absolute atomic E-state index is 13.0. The number of nitro groups is 1. The lowest BCUT2D eigenvalue weighted by Crippen LogP contribution is -2.26. The highest BCUT2D eigenvalue weighted by Gasteiger charge is 2.32. The van der Waals surface area contributed by atoms with E-state index in [4.69, 9.17) is 4.74 Å². The monoisotopic (exact) mass is 282 g/mol. The number of hydrogen-bond acceptors (Lipinski definition) is 6. The zero-order valence-corrected chi connectivity index (χ0v) is 10.5. The number of hydrogen-bond donors (Lipinski definition) is 1. The fourth-order valence-corrected chi connectivity index (χ4v) is 1.70. The molecule has 1 aromatic carbocycles. The Morgan fingerprint density at radius 1 is 1.60 bits per heavy atom. The van der Waals surface area contributed by atoms with Crippen molar-refractivity contribution in [2.24, 2.45) is 0 Å². The van der Waals surface area contributed by atoms with Crippen LogP contribution in [0.15, 0.2) is 29.6 Å². The molecule has 0 bridgehead atoms. The van der Waals surface area contributed by atoms with Crippen LogP contribution in [0.2, 0.25) is 0 Å². The molecule has 1 aromatic rings. The van der Waals surface area contributed by atoms with Crippen LogP contribution in [0.4, 0.5) is 10.1 Å². The Labute approximate surface area is 113 Å². The summed E-state index contributed by atoms with van der Waals surface area (Å²) in [7, 11) is 0. The molecule has 20 heavy (non-hydrogen) atoms. The lowest BCUT2D eigenvalue weighted by Gasteiger charge is -2.21. The van der Waals surface area contributed by atoms with Gasteiger partial charge in [-0.05, 0) is 19.1 Å². The van der Waals surface area contributed by atoms with Crippen molar-refractivity contribution in [3.05, 3.63) is 45.5 Å². The van der Waals surface area contributed by atoms with Crippen LogP contribution in [0.5, 0.6) is 5.75 Å². The Morgan fingerprint density at radius 3 is 3.00 bits per heavy atom. The van der Waals surface area contributed by atoms with Crippen LogP contribution < -0.4 is 10.1 Å². The molecule has 0 amide bonds. The first kappa shape index (κ1) is 13.8. The molecular weight excluding hydrogens is 271 g/mol. The fraction of sp³-hybridized carbons (Fsp3) is 0.250. The number of benzene rings is 1. The molecule has 8 heteroatoms. The van der Waals surface area contributed by atoms with Crippen molar-refractivity contribution in [1.29, 1.82) is 0 Å². The van der Waals surface area contributed by atoms with Gasteiger partial charge in [0, 0.05) is 6.07 Å². The Hall–Kier alpha value is -2.64. The smallest absolute Gasteiger partial charge is 0.411 e. The van der Waals surface area contributed by atoms with Gasteiger partial charge in [-0.1, -0.05) is 0 Å². The van der Waals surface area contributed by atoms with Gasteiger partial charge >= 0.3 is 11.7 Å². The highest BCUT2D eigenvalue weighted by Crippen LogP contribution is 2.31. The number of ether oxygens (including phenoxy) is 2. The van der Waals surface area contributed by atoms with Crippen molar-refractivity contribution in [2.45, 2.75) is 6.92 Å². The van der Waals surface area contributed by atoms with Crippen molar-refractivity contribution in [3.63, 3.8) is 0 Å². The van der Waals surface area contributed by atoms with Crippen molar-refractivity contribution in [2.75, 3.05) is 18.5 Å². The summed E-state index contributed by atoms with van der Waals surface area (Å²) < 4.78 is 22.8. The van der Waals surface area contributed by atoms with Gasteiger partial charge in [0.25, 0.3) is 0 Å². The van der Waals surface area contributed by atoms with E-state index >= 15 is 0 Å². The van der Waals surface area contributed by atoms with E-state index in [2.05, 4.69) is 10.1 Å². The molecule has 0 aromatic heterocycles. The number of esters is 1. The van der Waals surface area contributed by atoms with E-state index in [9.17, 15) is 19.3 Å². The Morgan fingerprint density at radius 2 is 2.35 bits per heavy atom. The first-order chi connectivity index (χ1) is 9.52. The van der Waals surface area contributed by atoms with Gasteiger partial charge in [-0.25, -0.2) is 9.18 Å². The molecule has 106 valence electrons. The molecular formula is C12H11FN2O5. The van der Waals surface area contributed by atoms with Gasteiger partial charge in [-0.3, -0.25) is 10.1 Å². The van der Waals surface area contributed by atoms with Crippen LogP contribution in [-0.2, 0) is 9.53 Å². The Bertz CT molecular complexity index is 600. The quantitative estimate of drug-likeness (QED) is 0.392. The van der Waals surface area contributed by atoms with E-state index < -0.39 is 22.4 Å². The number of nitrogens with one attached hydrogen (secondary N) is 1. The maximum atomic E-state index is 13.0. The fourth-order valence-electron chi connectivity index (χ4n) is 1.70. The molecule has 0 unspecified atom stereocenters. The van der Waals surface area contributed by atoms with Crippen LogP contribution in [0.3, 0.4) is 0 Å². The average Bonchev–Trinajstić information content (AvgIpc) is 2.39. The van der Waals surface area contributed by atoms with E-state index in [1.165, 1.54) is 12.1 Å².